The first-order valence-corrected chi connectivity index (χ1v) is 12.4. The summed E-state index contributed by atoms with van der Waals surface area (Å²) in [4.78, 5) is 16.0. The molecular weight excluding hydrogens is 436 g/mol. The molecule has 0 aromatic heterocycles. The minimum atomic E-state index is -0.878. The first-order chi connectivity index (χ1) is 16.8. The van der Waals surface area contributed by atoms with Crippen molar-refractivity contribution in [3.8, 4) is 11.5 Å². The molecule has 0 spiro atoms. The molecule has 0 saturated carbocycles. The lowest BCUT2D eigenvalue weighted by Crippen LogP contribution is -2.30. The number of hydrogen-bond acceptors (Lipinski definition) is 4. The molecule has 35 heavy (non-hydrogen) atoms. The Morgan fingerprint density at radius 3 is 1.66 bits per heavy atom. The van der Waals surface area contributed by atoms with Crippen molar-refractivity contribution < 1.29 is 14.6 Å². The van der Waals surface area contributed by atoms with Crippen LogP contribution in [0.15, 0.2) is 72.8 Å². The zero-order chi connectivity index (χ0) is 24.8. The lowest BCUT2D eigenvalue weighted by molar-refractivity contribution is 0.0697. The predicted molar refractivity (Wildman–Crippen MR) is 140 cm³/mol. The number of nitrogens with zero attached hydrogens (tertiary/aromatic N) is 2. The number of carbonyl (C=O) groups is 1. The molecular formula is C30H36N2O3. The van der Waals surface area contributed by atoms with Crippen LogP contribution in [0, 0.1) is 0 Å². The molecule has 184 valence electrons. The fourth-order valence-corrected chi connectivity index (χ4v) is 4.43. The summed E-state index contributed by atoms with van der Waals surface area (Å²) >= 11 is 0. The van der Waals surface area contributed by atoms with E-state index in [0.717, 1.165) is 62.8 Å². The summed E-state index contributed by atoms with van der Waals surface area (Å²) in [5, 5.41) is 9.08. The molecule has 1 aliphatic rings. The third-order valence-electron chi connectivity index (χ3n) is 6.57. The topological polar surface area (TPSA) is 53.0 Å². The lowest BCUT2D eigenvalue weighted by Gasteiger charge is -2.22. The van der Waals surface area contributed by atoms with E-state index in [9.17, 15) is 4.79 Å². The van der Waals surface area contributed by atoms with Crippen molar-refractivity contribution in [3.05, 3.63) is 95.1 Å². The van der Waals surface area contributed by atoms with Gasteiger partial charge in [-0.2, -0.15) is 0 Å². The second-order valence-electron chi connectivity index (χ2n) is 10.4. The standard InChI is InChI=1S/C30H36N2O3/c1-30(2,3)26-11-15-28(16-12-26)35-27-13-7-24(8-14-27)22-32-18-4-17-31(19-20-32)21-23-5-9-25(10-6-23)29(33)34/h5-16H,4,17-22H2,1-3H3,(H,33,34). The molecule has 3 aromatic carbocycles. The van der Waals surface area contributed by atoms with Gasteiger partial charge >= 0.3 is 5.97 Å². The molecule has 1 N–H and O–H groups in total. The number of ether oxygens (including phenoxy) is 1. The van der Waals surface area contributed by atoms with Gasteiger partial charge in [-0.3, -0.25) is 9.80 Å². The smallest absolute Gasteiger partial charge is 0.335 e. The van der Waals surface area contributed by atoms with Crippen LogP contribution in [0.25, 0.3) is 0 Å². The third kappa shape index (κ3) is 7.17. The molecule has 1 aliphatic heterocycles. The van der Waals surface area contributed by atoms with Gasteiger partial charge in [0.2, 0.25) is 0 Å². The quantitative estimate of drug-likeness (QED) is 0.445. The fourth-order valence-electron chi connectivity index (χ4n) is 4.43. The van der Waals surface area contributed by atoms with E-state index < -0.39 is 5.97 Å². The number of aromatic carboxylic acids is 1. The Balaban J connectivity index is 1.27. The number of carboxylic acids is 1. The van der Waals surface area contributed by atoms with Crippen molar-refractivity contribution >= 4 is 5.97 Å². The first-order valence-electron chi connectivity index (χ1n) is 12.4. The van der Waals surface area contributed by atoms with Gasteiger partial charge in [0.1, 0.15) is 11.5 Å². The molecule has 1 saturated heterocycles. The summed E-state index contributed by atoms with van der Waals surface area (Å²) in [5.74, 6) is 0.834. The maximum atomic E-state index is 11.1. The van der Waals surface area contributed by atoms with E-state index in [1.807, 2.05) is 24.3 Å². The molecule has 0 aliphatic carbocycles. The van der Waals surface area contributed by atoms with Crippen LogP contribution in [0.4, 0.5) is 0 Å². The van der Waals surface area contributed by atoms with Crippen LogP contribution in [0.3, 0.4) is 0 Å². The summed E-state index contributed by atoms with van der Waals surface area (Å²) in [7, 11) is 0. The first kappa shape index (κ1) is 25.0. The number of hydrogen-bond donors (Lipinski definition) is 1. The number of benzene rings is 3. The second-order valence-corrected chi connectivity index (χ2v) is 10.4. The fraction of sp³-hybridized carbons (Fsp3) is 0.367. The molecule has 5 nitrogen and oxygen atoms in total. The monoisotopic (exact) mass is 472 g/mol. The predicted octanol–water partition coefficient (Wildman–Crippen LogP) is 6.18. The Morgan fingerprint density at radius 1 is 0.743 bits per heavy atom. The zero-order valence-electron chi connectivity index (χ0n) is 21.0. The zero-order valence-corrected chi connectivity index (χ0v) is 21.0. The largest absolute Gasteiger partial charge is 0.478 e. The molecule has 0 amide bonds. The van der Waals surface area contributed by atoms with Crippen LogP contribution >= 0.6 is 0 Å². The summed E-state index contributed by atoms with van der Waals surface area (Å²) in [6, 6.07) is 24.0. The average molecular weight is 473 g/mol. The van der Waals surface area contributed by atoms with Gasteiger partial charge in [0.05, 0.1) is 5.56 Å². The van der Waals surface area contributed by atoms with Crippen LogP contribution in [0.5, 0.6) is 11.5 Å². The maximum Gasteiger partial charge on any atom is 0.335 e. The van der Waals surface area contributed by atoms with E-state index in [2.05, 4.69) is 67.0 Å². The van der Waals surface area contributed by atoms with Gasteiger partial charge in [-0.1, -0.05) is 57.2 Å². The number of rotatable bonds is 7. The van der Waals surface area contributed by atoms with Gasteiger partial charge in [0, 0.05) is 26.2 Å². The Bertz CT molecular complexity index is 1100. The lowest BCUT2D eigenvalue weighted by atomic mass is 9.87. The van der Waals surface area contributed by atoms with Gasteiger partial charge in [-0.05, 0) is 78.0 Å². The Kier molecular flexibility index (Phi) is 7.89. The van der Waals surface area contributed by atoms with Crippen molar-refractivity contribution in [1.29, 1.82) is 0 Å². The maximum absolute atomic E-state index is 11.1. The summed E-state index contributed by atoms with van der Waals surface area (Å²) < 4.78 is 6.05. The summed E-state index contributed by atoms with van der Waals surface area (Å²) in [6.07, 6.45) is 1.12. The van der Waals surface area contributed by atoms with E-state index >= 15 is 0 Å². The normalized spacial score (nSPS) is 15.5. The van der Waals surface area contributed by atoms with Crippen molar-refractivity contribution in [3.63, 3.8) is 0 Å². The second kappa shape index (κ2) is 11.1. The minimum absolute atomic E-state index is 0.137. The van der Waals surface area contributed by atoms with E-state index in [1.165, 1.54) is 11.1 Å². The molecule has 4 rings (SSSR count). The molecule has 3 aromatic rings. The minimum Gasteiger partial charge on any atom is -0.478 e. The van der Waals surface area contributed by atoms with E-state index in [4.69, 9.17) is 9.84 Å². The van der Waals surface area contributed by atoms with Crippen molar-refractivity contribution in [1.82, 2.24) is 9.80 Å². The highest BCUT2D eigenvalue weighted by atomic mass is 16.5. The van der Waals surface area contributed by atoms with Crippen molar-refractivity contribution in [2.75, 3.05) is 26.2 Å². The van der Waals surface area contributed by atoms with Gasteiger partial charge in [0.25, 0.3) is 0 Å². The molecule has 0 bridgehead atoms. The highest BCUT2D eigenvalue weighted by molar-refractivity contribution is 5.87. The molecule has 0 atom stereocenters. The van der Waals surface area contributed by atoms with Gasteiger partial charge in [0.15, 0.2) is 0 Å². The summed E-state index contributed by atoms with van der Waals surface area (Å²) in [5.41, 5.74) is 4.22. The Hall–Kier alpha value is -3.15. The highest BCUT2D eigenvalue weighted by Gasteiger charge is 2.16. The summed E-state index contributed by atoms with van der Waals surface area (Å²) in [6.45, 7) is 12.6. The molecule has 0 radical (unpaired) electrons. The van der Waals surface area contributed by atoms with Crippen LogP contribution < -0.4 is 4.74 Å². The van der Waals surface area contributed by atoms with Crippen LogP contribution in [0.1, 0.15) is 54.2 Å². The van der Waals surface area contributed by atoms with Gasteiger partial charge in [-0.15, -0.1) is 0 Å². The van der Waals surface area contributed by atoms with Gasteiger partial charge in [-0.25, -0.2) is 4.79 Å². The van der Waals surface area contributed by atoms with E-state index in [0.29, 0.717) is 5.56 Å². The Labute approximate surface area is 209 Å². The number of carboxylic acid groups (broad SMARTS) is 1. The van der Waals surface area contributed by atoms with E-state index in [1.54, 1.807) is 12.1 Å². The SMILES string of the molecule is CC(C)(C)c1ccc(Oc2ccc(CN3CCCN(Cc4ccc(C(=O)O)cc4)CC3)cc2)cc1. The molecule has 0 unspecified atom stereocenters. The Morgan fingerprint density at radius 2 is 1.20 bits per heavy atom. The van der Waals surface area contributed by atoms with Crippen LogP contribution in [0.2, 0.25) is 0 Å². The van der Waals surface area contributed by atoms with Crippen LogP contribution in [-0.4, -0.2) is 47.1 Å². The molecule has 5 heteroatoms. The molecule has 1 heterocycles. The molecule has 1 fully saturated rings. The average Bonchev–Trinajstić information content (AvgIpc) is 3.05. The highest BCUT2D eigenvalue weighted by Crippen LogP contribution is 2.27. The third-order valence-corrected chi connectivity index (χ3v) is 6.57. The van der Waals surface area contributed by atoms with E-state index in [-0.39, 0.29) is 5.41 Å². The van der Waals surface area contributed by atoms with Crippen LogP contribution in [-0.2, 0) is 18.5 Å². The van der Waals surface area contributed by atoms with Crippen molar-refractivity contribution in [2.45, 2.75) is 45.7 Å². The van der Waals surface area contributed by atoms with Gasteiger partial charge < -0.3 is 9.84 Å². The van der Waals surface area contributed by atoms with Crippen molar-refractivity contribution in [2.24, 2.45) is 0 Å².